The van der Waals surface area contributed by atoms with Crippen LogP contribution in [-0.4, -0.2) is 47.4 Å². The molecule has 0 unspecified atom stereocenters. The molecule has 0 radical (unpaired) electrons. The van der Waals surface area contributed by atoms with E-state index in [-0.39, 0.29) is 12.1 Å². The Morgan fingerprint density at radius 3 is 2.30 bits per heavy atom. The van der Waals surface area contributed by atoms with Crippen LogP contribution in [0.4, 0.5) is 10.6 Å². The van der Waals surface area contributed by atoms with E-state index in [4.69, 9.17) is 5.10 Å². The van der Waals surface area contributed by atoms with Crippen molar-refractivity contribution in [3.05, 3.63) is 35.9 Å². The summed E-state index contributed by atoms with van der Waals surface area (Å²) in [5, 5.41) is 7.80. The van der Waals surface area contributed by atoms with Crippen molar-refractivity contribution in [2.75, 3.05) is 25.5 Å². The van der Waals surface area contributed by atoms with Crippen molar-refractivity contribution in [1.29, 1.82) is 0 Å². The normalized spacial score (nSPS) is 11.1. The van der Waals surface area contributed by atoms with Crippen molar-refractivity contribution in [2.45, 2.75) is 40.3 Å². The number of amides is 2. The van der Waals surface area contributed by atoms with E-state index in [1.165, 1.54) is 0 Å². The molecule has 0 fully saturated rings. The summed E-state index contributed by atoms with van der Waals surface area (Å²) < 4.78 is 1.89. The van der Waals surface area contributed by atoms with E-state index in [1.807, 2.05) is 62.8 Å². The highest BCUT2D eigenvalue weighted by atomic mass is 16.2. The number of hydrogen-bond donors (Lipinski definition) is 1. The molecule has 0 atom stereocenters. The summed E-state index contributed by atoms with van der Waals surface area (Å²) in [6, 6.07) is 10.2. The van der Waals surface area contributed by atoms with E-state index in [0.29, 0.717) is 19.0 Å². The molecule has 0 saturated carbocycles. The number of carbonyl (C=O) groups excluding carboxylic acids is 1. The van der Waals surface area contributed by atoms with Crippen molar-refractivity contribution >= 4 is 11.8 Å². The Kier molecular flexibility index (Phi) is 6.88. The van der Waals surface area contributed by atoms with Gasteiger partial charge in [-0.15, -0.1) is 0 Å². The molecule has 0 saturated heterocycles. The Labute approximate surface area is 163 Å². The van der Waals surface area contributed by atoms with Gasteiger partial charge in [0.2, 0.25) is 0 Å². The van der Waals surface area contributed by atoms with E-state index in [2.05, 4.69) is 36.2 Å². The average molecular weight is 372 g/mol. The van der Waals surface area contributed by atoms with Gasteiger partial charge < -0.3 is 15.1 Å². The van der Waals surface area contributed by atoms with Gasteiger partial charge >= 0.3 is 6.03 Å². The molecule has 2 amide bonds. The van der Waals surface area contributed by atoms with Gasteiger partial charge in [-0.3, -0.25) is 4.68 Å². The van der Waals surface area contributed by atoms with Crippen LogP contribution in [0.15, 0.2) is 30.3 Å². The highest BCUT2D eigenvalue weighted by Crippen LogP contribution is 2.31. The second-order valence-corrected chi connectivity index (χ2v) is 7.91. The predicted molar refractivity (Wildman–Crippen MR) is 112 cm³/mol. The third-order valence-corrected chi connectivity index (χ3v) is 4.22. The van der Waals surface area contributed by atoms with Gasteiger partial charge in [-0.1, -0.05) is 44.2 Å². The summed E-state index contributed by atoms with van der Waals surface area (Å²) >= 11 is 0. The molecule has 27 heavy (non-hydrogen) atoms. The van der Waals surface area contributed by atoms with E-state index >= 15 is 0 Å². The van der Waals surface area contributed by atoms with Crippen LogP contribution in [0.2, 0.25) is 0 Å². The maximum absolute atomic E-state index is 12.8. The third kappa shape index (κ3) is 5.25. The molecule has 1 heterocycles. The molecule has 6 nitrogen and oxygen atoms in total. The molecule has 1 aromatic heterocycles. The summed E-state index contributed by atoms with van der Waals surface area (Å²) in [6.07, 6.45) is 0. The first-order chi connectivity index (χ1) is 12.7. The highest BCUT2D eigenvalue weighted by molar-refractivity contribution is 5.76. The molecule has 0 spiro atoms. The lowest BCUT2D eigenvalue weighted by Crippen LogP contribution is -2.44. The van der Waals surface area contributed by atoms with Gasteiger partial charge in [-0.25, -0.2) is 4.79 Å². The van der Waals surface area contributed by atoms with Crippen molar-refractivity contribution < 1.29 is 4.79 Å². The number of nitrogens with zero attached hydrogens (tertiary/aromatic N) is 4. The Bertz CT molecular complexity index is 749. The molecule has 1 aromatic carbocycles. The number of anilines is 1. The monoisotopic (exact) mass is 371 g/mol. The summed E-state index contributed by atoms with van der Waals surface area (Å²) in [5.41, 5.74) is 3.05. The molecule has 1 N–H and O–H groups in total. The molecule has 2 rings (SSSR count). The zero-order chi connectivity index (χ0) is 20.1. The van der Waals surface area contributed by atoms with E-state index < -0.39 is 0 Å². The van der Waals surface area contributed by atoms with Crippen LogP contribution in [0, 0.1) is 5.92 Å². The summed E-state index contributed by atoms with van der Waals surface area (Å²) in [6.45, 7) is 9.43. The maximum Gasteiger partial charge on any atom is 0.317 e. The van der Waals surface area contributed by atoms with Crippen LogP contribution >= 0.6 is 0 Å². The van der Waals surface area contributed by atoms with Crippen molar-refractivity contribution in [3.63, 3.8) is 0 Å². The van der Waals surface area contributed by atoms with Crippen LogP contribution in [0.1, 0.15) is 33.3 Å². The molecule has 0 aliphatic carbocycles. The number of urea groups is 1. The first kappa shape index (κ1) is 20.8. The predicted octanol–water partition coefficient (Wildman–Crippen LogP) is 3.73. The van der Waals surface area contributed by atoms with Crippen LogP contribution in [-0.2, 0) is 13.6 Å². The molecule has 148 valence electrons. The van der Waals surface area contributed by atoms with Crippen LogP contribution in [0.25, 0.3) is 11.3 Å². The molecular formula is C21H33N5O. The third-order valence-electron chi connectivity index (χ3n) is 4.22. The van der Waals surface area contributed by atoms with E-state index in [9.17, 15) is 4.79 Å². The number of rotatable bonds is 7. The van der Waals surface area contributed by atoms with Crippen LogP contribution in [0.3, 0.4) is 0 Å². The van der Waals surface area contributed by atoms with Gasteiger partial charge in [0, 0.05) is 44.9 Å². The summed E-state index contributed by atoms with van der Waals surface area (Å²) in [4.78, 5) is 16.8. The lowest BCUT2D eigenvalue weighted by molar-refractivity contribution is 0.185. The standard InChI is InChI=1S/C21H33N5O/c1-15(2)13-26(21(27)22-16(3)4)14-18-19(17-11-9-8-10-12-17)23-25(7)20(18)24(5)6/h8-12,15-16H,13-14H2,1-7H3,(H,22,27). The van der Waals surface area contributed by atoms with Gasteiger partial charge in [0.15, 0.2) is 0 Å². The number of benzene rings is 1. The fourth-order valence-electron chi connectivity index (χ4n) is 3.28. The average Bonchev–Trinajstić information content (AvgIpc) is 2.90. The number of carbonyl (C=O) groups is 1. The van der Waals surface area contributed by atoms with Gasteiger partial charge in [0.25, 0.3) is 0 Å². The molecule has 0 aliphatic rings. The minimum Gasteiger partial charge on any atom is -0.363 e. The topological polar surface area (TPSA) is 53.4 Å². The van der Waals surface area contributed by atoms with Crippen LogP contribution in [0.5, 0.6) is 0 Å². The Morgan fingerprint density at radius 1 is 1.15 bits per heavy atom. The second-order valence-electron chi connectivity index (χ2n) is 7.91. The minimum absolute atomic E-state index is 0.0359. The quantitative estimate of drug-likeness (QED) is 0.807. The second kappa shape index (κ2) is 8.93. The molecule has 6 heteroatoms. The van der Waals surface area contributed by atoms with Gasteiger partial charge in [0.1, 0.15) is 5.82 Å². The van der Waals surface area contributed by atoms with Crippen molar-refractivity contribution in [3.8, 4) is 11.3 Å². The maximum atomic E-state index is 12.8. The SMILES string of the molecule is CC(C)CN(Cc1c(-c2ccccc2)nn(C)c1N(C)C)C(=O)NC(C)C. The number of nitrogens with one attached hydrogen (secondary N) is 1. The van der Waals surface area contributed by atoms with Crippen molar-refractivity contribution in [1.82, 2.24) is 20.0 Å². The summed E-state index contributed by atoms with van der Waals surface area (Å²) in [5.74, 6) is 1.39. The first-order valence-corrected chi connectivity index (χ1v) is 9.54. The Morgan fingerprint density at radius 2 is 1.78 bits per heavy atom. The molecule has 0 aliphatic heterocycles. The molecule has 2 aromatic rings. The van der Waals surface area contributed by atoms with Gasteiger partial charge in [0.05, 0.1) is 12.2 Å². The van der Waals surface area contributed by atoms with Crippen LogP contribution < -0.4 is 10.2 Å². The van der Waals surface area contributed by atoms with Gasteiger partial charge in [-0.2, -0.15) is 5.10 Å². The fourth-order valence-corrected chi connectivity index (χ4v) is 3.28. The number of aromatic nitrogens is 2. The van der Waals surface area contributed by atoms with E-state index in [1.54, 1.807) is 0 Å². The van der Waals surface area contributed by atoms with Gasteiger partial charge in [-0.05, 0) is 19.8 Å². The lowest BCUT2D eigenvalue weighted by Gasteiger charge is -2.27. The van der Waals surface area contributed by atoms with E-state index in [0.717, 1.165) is 22.6 Å². The molecular weight excluding hydrogens is 338 g/mol. The minimum atomic E-state index is -0.0359. The summed E-state index contributed by atoms with van der Waals surface area (Å²) in [7, 11) is 5.97. The lowest BCUT2D eigenvalue weighted by atomic mass is 10.1. The Hall–Kier alpha value is -2.50. The number of aryl methyl sites for hydroxylation is 1. The fraction of sp³-hybridized carbons (Fsp3) is 0.524. The molecule has 0 bridgehead atoms. The highest BCUT2D eigenvalue weighted by Gasteiger charge is 2.24. The smallest absolute Gasteiger partial charge is 0.317 e. The first-order valence-electron chi connectivity index (χ1n) is 9.54. The zero-order valence-corrected chi connectivity index (χ0v) is 17.7. The Balaban J connectivity index is 2.48. The van der Waals surface area contributed by atoms with Crippen molar-refractivity contribution in [2.24, 2.45) is 13.0 Å². The number of hydrogen-bond acceptors (Lipinski definition) is 3. The zero-order valence-electron chi connectivity index (χ0n) is 17.7. The largest absolute Gasteiger partial charge is 0.363 e.